The lowest BCUT2D eigenvalue weighted by molar-refractivity contribution is 0.597. The van der Waals surface area contributed by atoms with Crippen LogP contribution in [0.15, 0.2) is 18.2 Å². The first kappa shape index (κ1) is 11.6. The zero-order valence-corrected chi connectivity index (χ0v) is 11.1. The van der Waals surface area contributed by atoms with Gasteiger partial charge in [-0.3, -0.25) is 0 Å². The van der Waals surface area contributed by atoms with Crippen LogP contribution in [-0.2, 0) is 4.57 Å². The van der Waals surface area contributed by atoms with Gasteiger partial charge in [-0.1, -0.05) is 45.9 Å². The van der Waals surface area contributed by atoms with Gasteiger partial charge in [0.25, 0.3) is 8.10 Å². The summed E-state index contributed by atoms with van der Waals surface area (Å²) in [4.78, 5) is 0. The van der Waals surface area contributed by atoms with Crippen LogP contribution >= 0.6 is 8.10 Å². The number of para-hydroxylation sites is 1. The monoisotopic (exact) mass is 237 g/mol. The lowest BCUT2D eigenvalue weighted by Gasteiger charge is -2.18. The Hall–Kier alpha value is -0.920. The Morgan fingerprint density at radius 1 is 1.12 bits per heavy atom. The fourth-order valence-corrected chi connectivity index (χ4v) is 2.70. The predicted molar refractivity (Wildman–Crippen MR) is 67.8 cm³/mol. The molecule has 0 bridgehead atoms. The van der Waals surface area contributed by atoms with Crippen LogP contribution in [0, 0.1) is 0 Å². The van der Waals surface area contributed by atoms with Crippen LogP contribution in [0.25, 0.3) is 0 Å². The van der Waals surface area contributed by atoms with Crippen LogP contribution in [0.1, 0.15) is 50.7 Å². The van der Waals surface area contributed by atoms with E-state index in [0.717, 1.165) is 5.69 Å². The molecular formula is C12H18N2OP. The first-order valence-electron chi connectivity index (χ1n) is 5.68. The maximum Gasteiger partial charge on any atom is 0.290 e. The second-order valence-electron chi connectivity index (χ2n) is 4.78. The Morgan fingerprint density at radius 2 is 1.56 bits per heavy atom. The molecule has 1 aliphatic heterocycles. The number of hydrogen-bond acceptors (Lipinski definition) is 1. The van der Waals surface area contributed by atoms with Crippen molar-refractivity contribution in [2.24, 2.45) is 0 Å². The van der Waals surface area contributed by atoms with Gasteiger partial charge in [0, 0.05) is 0 Å². The molecule has 0 spiro atoms. The molecule has 0 aromatic heterocycles. The molecule has 87 valence electrons. The van der Waals surface area contributed by atoms with Crippen molar-refractivity contribution < 1.29 is 4.57 Å². The van der Waals surface area contributed by atoms with Gasteiger partial charge in [0.1, 0.15) is 0 Å². The van der Waals surface area contributed by atoms with Gasteiger partial charge >= 0.3 is 0 Å². The number of anilines is 1. The number of benzene rings is 1. The number of nitrogens with one attached hydrogen (secondary N) is 1. The van der Waals surface area contributed by atoms with Crippen molar-refractivity contribution in [1.82, 2.24) is 5.20 Å². The molecule has 2 rings (SSSR count). The van der Waals surface area contributed by atoms with Gasteiger partial charge < -0.3 is 0 Å². The van der Waals surface area contributed by atoms with Crippen molar-refractivity contribution in [1.29, 1.82) is 0 Å². The molecule has 1 atom stereocenters. The third kappa shape index (κ3) is 1.98. The summed E-state index contributed by atoms with van der Waals surface area (Å²) in [5, 5.41) is 2.88. The Balaban J connectivity index is 2.54. The van der Waals surface area contributed by atoms with Gasteiger partial charge in [0.05, 0.1) is 5.69 Å². The smallest absolute Gasteiger partial charge is 0.242 e. The van der Waals surface area contributed by atoms with E-state index in [1.807, 2.05) is 0 Å². The lowest BCUT2D eigenvalue weighted by Crippen LogP contribution is -2.06. The fraction of sp³-hybridized carbons (Fsp3) is 0.500. The molecule has 1 saturated heterocycles. The van der Waals surface area contributed by atoms with Crippen molar-refractivity contribution in [3.05, 3.63) is 29.3 Å². The second-order valence-corrected chi connectivity index (χ2v) is 5.93. The summed E-state index contributed by atoms with van der Waals surface area (Å²) in [7, 11) is -1.36. The quantitative estimate of drug-likeness (QED) is 0.640. The zero-order valence-electron chi connectivity index (χ0n) is 10.2. The highest BCUT2D eigenvalue weighted by atomic mass is 31.1. The Kier molecular flexibility index (Phi) is 3.00. The van der Waals surface area contributed by atoms with E-state index in [1.165, 1.54) is 11.1 Å². The highest BCUT2D eigenvalue weighted by Crippen LogP contribution is 2.48. The molecule has 0 saturated carbocycles. The topological polar surface area (TPSA) is 42.0 Å². The Bertz CT molecular complexity index is 403. The van der Waals surface area contributed by atoms with E-state index in [4.69, 9.17) is 0 Å². The lowest BCUT2D eigenvalue weighted by atomic mass is 9.93. The third-order valence-corrected chi connectivity index (χ3v) is 3.72. The van der Waals surface area contributed by atoms with Crippen LogP contribution < -0.4 is 9.98 Å². The highest BCUT2D eigenvalue weighted by molar-refractivity contribution is 7.52. The summed E-state index contributed by atoms with van der Waals surface area (Å²) in [6.07, 6.45) is 0. The maximum atomic E-state index is 11.4. The summed E-state index contributed by atoms with van der Waals surface area (Å²) in [5.41, 5.74) is 3.65. The van der Waals surface area contributed by atoms with Gasteiger partial charge in [0.15, 0.2) is 0 Å². The van der Waals surface area contributed by atoms with Gasteiger partial charge in [-0.15, -0.1) is 5.20 Å². The van der Waals surface area contributed by atoms with Crippen molar-refractivity contribution in [3.8, 4) is 0 Å². The van der Waals surface area contributed by atoms with Gasteiger partial charge in [-0.2, -0.15) is 0 Å². The standard InChI is InChI=1S/C12H18N2OP/c1-8(2)10-6-5-7-11(9(3)4)12(10)14-13-16(14)15/h5-9H,1-4H3,(H,13,15). The summed E-state index contributed by atoms with van der Waals surface area (Å²) in [6, 6.07) is 6.33. The molecule has 1 heterocycles. The van der Waals surface area contributed by atoms with Crippen LogP contribution in [0.2, 0.25) is 0 Å². The highest BCUT2D eigenvalue weighted by Gasteiger charge is 2.35. The number of nitrogens with zero attached hydrogens (tertiary/aromatic N) is 1. The molecule has 1 radical (unpaired) electrons. The normalized spacial score (nSPS) is 17.4. The van der Waals surface area contributed by atoms with Crippen LogP contribution in [0.4, 0.5) is 5.69 Å². The molecule has 0 amide bonds. The van der Waals surface area contributed by atoms with Crippen LogP contribution in [-0.4, -0.2) is 0 Å². The molecule has 1 aliphatic rings. The minimum absolute atomic E-state index is 0.444. The van der Waals surface area contributed by atoms with Crippen molar-refractivity contribution in [3.63, 3.8) is 0 Å². The molecule has 3 nitrogen and oxygen atoms in total. The molecule has 1 N–H and O–H groups in total. The van der Waals surface area contributed by atoms with Crippen molar-refractivity contribution in [2.75, 3.05) is 4.78 Å². The first-order chi connectivity index (χ1) is 7.52. The number of hydrogen-bond donors (Lipinski definition) is 1. The predicted octanol–water partition coefficient (Wildman–Crippen LogP) is 3.92. The minimum atomic E-state index is -1.36. The van der Waals surface area contributed by atoms with Gasteiger partial charge in [-0.25, -0.2) is 9.34 Å². The summed E-state index contributed by atoms with van der Waals surface area (Å²) < 4.78 is 13.2. The summed E-state index contributed by atoms with van der Waals surface area (Å²) in [5.74, 6) is 0.888. The molecule has 1 aromatic rings. The average molecular weight is 237 g/mol. The second kappa shape index (κ2) is 4.15. The van der Waals surface area contributed by atoms with E-state index in [0.29, 0.717) is 11.8 Å². The number of hydrazine groups is 1. The van der Waals surface area contributed by atoms with Crippen LogP contribution in [0.3, 0.4) is 0 Å². The van der Waals surface area contributed by atoms with E-state index in [9.17, 15) is 4.57 Å². The Morgan fingerprint density at radius 3 is 1.88 bits per heavy atom. The fourth-order valence-electron chi connectivity index (χ4n) is 1.96. The molecular weight excluding hydrogens is 219 g/mol. The van der Waals surface area contributed by atoms with E-state index in [1.54, 1.807) is 4.78 Å². The van der Waals surface area contributed by atoms with Gasteiger partial charge in [0.2, 0.25) is 0 Å². The zero-order chi connectivity index (χ0) is 11.9. The molecule has 1 aromatic carbocycles. The van der Waals surface area contributed by atoms with Crippen molar-refractivity contribution in [2.45, 2.75) is 39.5 Å². The third-order valence-electron chi connectivity index (χ3n) is 2.88. The van der Waals surface area contributed by atoms with E-state index in [-0.39, 0.29) is 0 Å². The van der Waals surface area contributed by atoms with E-state index < -0.39 is 8.10 Å². The summed E-state index contributed by atoms with van der Waals surface area (Å²) in [6.45, 7) is 8.66. The Labute approximate surface area is 97.7 Å². The molecule has 1 unspecified atom stereocenters. The molecule has 16 heavy (non-hydrogen) atoms. The first-order valence-corrected chi connectivity index (χ1v) is 6.90. The largest absolute Gasteiger partial charge is 0.290 e. The van der Waals surface area contributed by atoms with E-state index in [2.05, 4.69) is 51.1 Å². The molecule has 1 fully saturated rings. The van der Waals surface area contributed by atoms with Gasteiger partial charge in [-0.05, 0) is 23.0 Å². The van der Waals surface area contributed by atoms with Crippen LogP contribution in [0.5, 0.6) is 0 Å². The van der Waals surface area contributed by atoms with Crippen molar-refractivity contribution >= 4 is 13.8 Å². The number of rotatable bonds is 3. The maximum absolute atomic E-state index is 11.4. The van der Waals surface area contributed by atoms with E-state index >= 15 is 0 Å². The SMILES string of the molecule is CC(C)c1cccc(C(C)C)c1N1N[P]1=O. The summed E-state index contributed by atoms with van der Waals surface area (Å²) >= 11 is 0. The molecule has 0 aliphatic carbocycles. The molecule has 4 heteroatoms. The minimum Gasteiger partial charge on any atom is -0.242 e. The average Bonchev–Trinajstić information content (AvgIpc) is 2.93.